The molecule has 0 heterocycles. The summed E-state index contributed by atoms with van der Waals surface area (Å²) in [6, 6.07) is 40.5. The molecular weight excluding hydrogens is 607 g/mol. The molecule has 8 heteroatoms. The number of benzene rings is 5. The van der Waals surface area contributed by atoms with Crippen molar-refractivity contribution in [3.63, 3.8) is 0 Å². The second-order valence-electron chi connectivity index (χ2n) is 10.6. The van der Waals surface area contributed by atoms with Gasteiger partial charge in [0.2, 0.25) is 5.91 Å². The van der Waals surface area contributed by atoms with Gasteiger partial charge in [-0.25, -0.2) is 0 Å². The third-order valence-corrected chi connectivity index (χ3v) is 8.28. The normalized spacial score (nSPS) is 11.7. The Morgan fingerprint density at radius 3 is 2.11 bits per heavy atom. The molecule has 7 nitrogen and oxygen atoms in total. The van der Waals surface area contributed by atoms with Crippen LogP contribution in [0.15, 0.2) is 144 Å². The predicted octanol–water partition coefficient (Wildman–Crippen LogP) is 8.28. The number of hydrogen-bond acceptors (Lipinski definition) is 5. The molecule has 0 aromatic heterocycles. The Kier molecular flexibility index (Phi) is 11.2. The van der Waals surface area contributed by atoms with Gasteiger partial charge in [0.1, 0.15) is 16.7 Å². The monoisotopic (exact) mass is 641 g/mol. The molecule has 5 rings (SSSR count). The van der Waals surface area contributed by atoms with Crippen molar-refractivity contribution in [2.24, 2.45) is 0 Å². The van der Waals surface area contributed by atoms with E-state index in [2.05, 4.69) is 16.0 Å². The Morgan fingerprint density at radius 2 is 1.43 bits per heavy atom. The van der Waals surface area contributed by atoms with Crippen LogP contribution in [0.3, 0.4) is 0 Å². The smallest absolute Gasteiger partial charge is 0.272 e. The number of rotatable bonds is 12. The van der Waals surface area contributed by atoms with E-state index in [0.717, 1.165) is 27.3 Å². The van der Waals surface area contributed by atoms with E-state index in [-0.39, 0.29) is 11.6 Å². The van der Waals surface area contributed by atoms with Crippen molar-refractivity contribution in [2.75, 3.05) is 17.2 Å². The third kappa shape index (κ3) is 9.45. The highest BCUT2D eigenvalue weighted by Gasteiger charge is 2.23. The number of carbonyl (C=O) groups is 3. The Balaban J connectivity index is 1.35. The molecule has 5 aromatic rings. The van der Waals surface area contributed by atoms with Crippen molar-refractivity contribution in [2.45, 2.75) is 24.0 Å². The molecular formula is C39H35N3O4S. The van der Waals surface area contributed by atoms with Crippen molar-refractivity contribution < 1.29 is 19.1 Å². The van der Waals surface area contributed by atoms with E-state index in [1.807, 2.05) is 117 Å². The fraction of sp³-hybridized carbons (Fsp3) is 0.103. The molecule has 1 unspecified atom stereocenters. The summed E-state index contributed by atoms with van der Waals surface area (Å²) in [6.45, 7) is 4.46. The maximum Gasteiger partial charge on any atom is 0.272 e. The second kappa shape index (κ2) is 16.1. The average Bonchev–Trinajstić information content (AvgIpc) is 3.09. The van der Waals surface area contributed by atoms with E-state index in [4.69, 9.17) is 4.74 Å². The molecule has 0 fully saturated rings. The van der Waals surface area contributed by atoms with Crippen LogP contribution in [-0.4, -0.2) is 24.3 Å². The molecule has 0 saturated carbocycles. The first-order valence-corrected chi connectivity index (χ1v) is 16.1. The van der Waals surface area contributed by atoms with Gasteiger partial charge in [-0.3, -0.25) is 14.4 Å². The summed E-state index contributed by atoms with van der Waals surface area (Å²) < 4.78 is 5.52. The summed E-state index contributed by atoms with van der Waals surface area (Å²) in [6.07, 6.45) is 1.64. The molecule has 0 spiro atoms. The fourth-order valence-corrected chi connectivity index (χ4v) is 5.75. The number of aryl methyl sites for hydroxylation is 1. The number of carbonyl (C=O) groups excluding carboxylic acids is 3. The van der Waals surface area contributed by atoms with Gasteiger partial charge in [-0.2, -0.15) is 0 Å². The van der Waals surface area contributed by atoms with Gasteiger partial charge >= 0.3 is 0 Å². The van der Waals surface area contributed by atoms with Gasteiger partial charge < -0.3 is 20.7 Å². The molecule has 3 N–H and O–H groups in total. The van der Waals surface area contributed by atoms with Crippen LogP contribution in [-0.2, 0) is 9.59 Å². The van der Waals surface area contributed by atoms with Crippen molar-refractivity contribution in [3.8, 4) is 5.75 Å². The van der Waals surface area contributed by atoms with Crippen molar-refractivity contribution in [3.05, 3.63) is 161 Å². The molecule has 0 aliphatic heterocycles. The van der Waals surface area contributed by atoms with Crippen molar-refractivity contribution in [1.29, 1.82) is 0 Å². The van der Waals surface area contributed by atoms with Gasteiger partial charge in [-0.1, -0.05) is 84.4 Å². The van der Waals surface area contributed by atoms with E-state index in [0.29, 0.717) is 23.5 Å². The standard InChI is InChI=1S/C39H35N3O4S/c1-3-46-33-23-21-31(22-24-33)40-39(45)36(29-11-6-4-7-12-29)47-34-16-10-15-32(26-34)41-38(44)35(25-28-19-17-27(2)18-20-28)42-37(43)30-13-8-5-9-14-30/h4-26,36H,3H2,1-2H3,(H,40,45)(H,41,44)(H,42,43)/b35-25-. The summed E-state index contributed by atoms with van der Waals surface area (Å²) in [5, 5.41) is 8.14. The lowest BCUT2D eigenvalue weighted by atomic mass is 10.1. The van der Waals surface area contributed by atoms with Gasteiger partial charge in [-0.15, -0.1) is 11.8 Å². The van der Waals surface area contributed by atoms with E-state index in [9.17, 15) is 14.4 Å². The van der Waals surface area contributed by atoms with Gasteiger partial charge in [0.25, 0.3) is 11.8 Å². The largest absolute Gasteiger partial charge is 0.494 e. The Morgan fingerprint density at radius 1 is 0.745 bits per heavy atom. The lowest BCUT2D eigenvalue weighted by molar-refractivity contribution is -0.116. The van der Waals surface area contributed by atoms with Gasteiger partial charge in [-0.05, 0) is 85.6 Å². The number of thioether (sulfide) groups is 1. The third-order valence-electron chi connectivity index (χ3n) is 7.04. The molecule has 0 aliphatic rings. The van der Waals surface area contributed by atoms with Crippen LogP contribution in [0.5, 0.6) is 5.75 Å². The Bertz CT molecular complexity index is 1840. The Hall–Kier alpha value is -5.60. The highest BCUT2D eigenvalue weighted by molar-refractivity contribution is 8.00. The summed E-state index contributed by atoms with van der Waals surface area (Å²) in [7, 11) is 0. The van der Waals surface area contributed by atoms with E-state index < -0.39 is 17.1 Å². The summed E-state index contributed by atoms with van der Waals surface area (Å²) in [5.41, 5.74) is 4.39. The lowest BCUT2D eigenvalue weighted by Gasteiger charge is -2.18. The minimum atomic E-state index is -0.573. The molecule has 0 aliphatic carbocycles. The maximum atomic E-state index is 13.6. The van der Waals surface area contributed by atoms with Gasteiger partial charge in [0.05, 0.1) is 6.61 Å². The van der Waals surface area contributed by atoms with Crippen LogP contribution in [0.4, 0.5) is 11.4 Å². The molecule has 236 valence electrons. The number of hydrogen-bond donors (Lipinski definition) is 3. The number of anilines is 2. The van der Waals surface area contributed by atoms with Crippen LogP contribution in [0.25, 0.3) is 6.08 Å². The zero-order valence-corrected chi connectivity index (χ0v) is 26.9. The summed E-state index contributed by atoms with van der Waals surface area (Å²) >= 11 is 1.37. The topological polar surface area (TPSA) is 96.5 Å². The maximum absolute atomic E-state index is 13.6. The SMILES string of the molecule is CCOc1ccc(NC(=O)C(Sc2cccc(NC(=O)/C(=C/c3ccc(C)cc3)NC(=O)c3ccccc3)c2)c2ccccc2)cc1. The average molecular weight is 642 g/mol. The quantitative estimate of drug-likeness (QED) is 0.0941. The predicted molar refractivity (Wildman–Crippen MR) is 189 cm³/mol. The zero-order chi connectivity index (χ0) is 33.0. The minimum Gasteiger partial charge on any atom is -0.494 e. The van der Waals surface area contributed by atoms with Gasteiger partial charge in [0, 0.05) is 21.8 Å². The number of ether oxygens (including phenoxy) is 1. The summed E-state index contributed by atoms with van der Waals surface area (Å²) in [4.78, 5) is 41.0. The van der Waals surface area contributed by atoms with E-state index in [1.54, 1.807) is 36.4 Å². The number of amides is 3. The zero-order valence-electron chi connectivity index (χ0n) is 26.1. The van der Waals surface area contributed by atoms with Crippen LogP contribution in [0.1, 0.15) is 39.2 Å². The second-order valence-corrected chi connectivity index (χ2v) is 11.8. The van der Waals surface area contributed by atoms with Crippen LogP contribution < -0.4 is 20.7 Å². The molecule has 0 bridgehead atoms. The number of nitrogens with one attached hydrogen (secondary N) is 3. The molecule has 3 amide bonds. The van der Waals surface area contributed by atoms with E-state index >= 15 is 0 Å². The van der Waals surface area contributed by atoms with E-state index in [1.165, 1.54) is 11.8 Å². The van der Waals surface area contributed by atoms with Crippen LogP contribution in [0, 0.1) is 6.92 Å². The molecule has 47 heavy (non-hydrogen) atoms. The minimum absolute atomic E-state index is 0.0951. The van der Waals surface area contributed by atoms with Crippen molar-refractivity contribution >= 4 is 46.9 Å². The Labute approximate surface area is 279 Å². The summed E-state index contributed by atoms with van der Waals surface area (Å²) in [5.74, 6) is -0.334. The first-order valence-electron chi connectivity index (χ1n) is 15.2. The highest BCUT2D eigenvalue weighted by atomic mass is 32.2. The van der Waals surface area contributed by atoms with Crippen LogP contribution in [0.2, 0.25) is 0 Å². The first kappa shape index (κ1) is 32.8. The highest BCUT2D eigenvalue weighted by Crippen LogP contribution is 2.37. The van der Waals surface area contributed by atoms with Gasteiger partial charge in [0.15, 0.2) is 0 Å². The first-order chi connectivity index (χ1) is 22.9. The fourth-order valence-electron chi connectivity index (χ4n) is 4.66. The molecule has 0 saturated heterocycles. The molecule has 5 aromatic carbocycles. The van der Waals surface area contributed by atoms with Crippen molar-refractivity contribution in [1.82, 2.24) is 5.32 Å². The molecule has 1 atom stereocenters. The van der Waals surface area contributed by atoms with Crippen LogP contribution >= 0.6 is 11.8 Å². The lowest BCUT2D eigenvalue weighted by Crippen LogP contribution is -2.30. The molecule has 0 radical (unpaired) electrons.